The number of nitrogens with zero attached hydrogens (tertiary/aromatic N) is 4. The number of hydrogen-bond donors (Lipinski definition) is 0. The molecule has 0 radical (unpaired) electrons. The van der Waals surface area contributed by atoms with Crippen LogP contribution in [0.25, 0.3) is 65.7 Å². The molecule has 1 aliphatic heterocycles. The van der Waals surface area contributed by atoms with Crippen molar-refractivity contribution < 1.29 is 9.59 Å². The molecule has 0 aliphatic carbocycles. The van der Waals surface area contributed by atoms with Gasteiger partial charge in [0, 0.05) is 10.8 Å². The quantitative estimate of drug-likeness (QED) is 0.133. The topological polar surface area (TPSA) is 70.5 Å². The van der Waals surface area contributed by atoms with E-state index >= 15 is 0 Å². The second kappa shape index (κ2) is 12.6. The molecule has 54 heavy (non-hydrogen) atoms. The minimum absolute atomic E-state index is 0.344. The van der Waals surface area contributed by atoms with Gasteiger partial charge in [0.1, 0.15) is 0 Å². The Kier molecular flexibility index (Phi) is 7.55. The van der Waals surface area contributed by atoms with Crippen LogP contribution in [0.2, 0.25) is 0 Å². The molecule has 0 saturated carbocycles. The number of aromatic nitrogens is 1. The molecule has 6 nitrogen and oxygen atoms in total. The molecule has 0 spiro atoms. The third kappa shape index (κ3) is 4.93. The summed E-state index contributed by atoms with van der Waals surface area (Å²) in [4.78, 5) is 33.6. The first-order valence-corrected chi connectivity index (χ1v) is 17.6. The van der Waals surface area contributed by atoms with Crippen molar-refractivity contribution in [2.75, 3.05) is 4.90 Å². The second-order valence-electron chi connectivity index (χ2n) is 13.5. The van der Waals surface area contributed by atoms with Gasteiger partial charge in [-0.3, -0.25) is 9.59 Å². The van der Waals surface area contributed by atoms with Crippen LogP contribution in [0.1, 0.15) is 37.4 Å². The van der Waals surface area contributed by atoms with Gasteiger partial charge in [-0.25, -0.2) is 9.74 Å². The first-order valence-electron chi connectivity index (χ1n) is 17.6. The maximum Gasteiger partial charge on any atom is 0.268 e. The third-order valence-electron chi connectivity index (χ3n) is 10.5. The summed E-state index contributed by atoms with van der Waals surface area (Å²) in [6.07, 6.45) is 0. The number of nitriles is 1. The molecule has 1 aliphatic rings. The largest absolute Gasteiger partial charge is 0.308 e. The summed E-state index contributed by atoms with van der Waals surface area (Å²) in [6.45, 7) is 11.6. The van der Waals surface area contributed by atoms with E-state index in [2.05, 4.69) is 39.7 Å². The molecular formula is C48H30N4O2. The number of carbonyl (C=O) groups excluding carboxylic acids is 2. The van der Waals surface area contributed by atoms with E-state index in [1.165, 1.54) is 4.90 Å². The number of imide groups is 1. The second-order valence-corrected chi connectivity index (χ2v) is 13.5. The van der Waals surface area contributed by atoms with E-state index in [0.717, 1.165) is 66.3 Å². The Morgan fingerprint density at radius 1 is 0.574 bits per heavy atom. The van der Waals surface area contributed by atoms with Gasteiger partial charge in [0.05, 0.1) is 51.7 Å². The number of anilines is 1. The van der Waals surface area contributed by atoms with Crippen LogP contribution in [0.3, 0.4) is 0 Å². The molecule has 0 atom stereocenters. The highest BCUT2D eigenvalue weighted by molar-refractivity contribution is 6.36. The fourth-order valence-corrected chi connectivity index (χ4v) is 7.99. The number of fused-ring (bicyclic) bond motifs is 4. The summed E-state index contributed by atoms with van der Waals surface area (Å²) in [5.41, 5.74) is 12.6. The molecule has 1 aromatic heterocycles. The van der Waals surface area contributed by atoms with E-state index in [1.807, 2.05) is 129 Å². The minimum Gasteiger partial charge on any atom is -0.308 e. The predicted molar refractivity (Wildman–Crippen MR) is 215 cm³/mol. The molecule has 2 amide bonds. The van der Waals surface area contributed by atoms with E-state index in [1.54, 1.807) is 6.07 Å². The van der Waals surface area contributed by atoms with Gasteiger partial charge >= 0.3 is 0 Å². The zero-order chi connectivity index (χ0) is 37.1. The molecular weight excluding hydrogens is 665 g/mol. The number of hydrogen-bond acceptors (Lipinski definition) is 3. The molecule has 7 aromatic carbocycles. The average molecular weight is 695 g/mol. The molecule has 0 fully saturated rings. The van der Waals surface area contributed by atoms with Gasteiger partial charge in [0.25, 0.3) is 11.8 Å². The van der Waals surface area contributed by atoms with Crippen molar-refractivity contribution >= 4 is 45.0 Å². The molecule has 9 rings (SSSR count). The van der Waals surface area contributed by atoms with Crippen LogP contribution < -0.4 is 4.90 Å². The van der Waals surface area contributed by atoms with E-state index in [9.17, 15) is 14.9 Å². The van der Waals surface area contributed by atoms with E-state index in [4.69, 9.17) is 6.57 Å². The fourth-order valence-electron chi connectivity index (χ4n) is 7.99. The highest BCUT2D eigenvalue weighted by atomic mass is 16.2. The van der Waals surface area contributed by atoms with Gasteiger partial charge in [-0.15, -0.1) is 0 Å². The number of amides is 2. The lowest BCUT2D eigenvalue weighted by Gasteiger charge is -2.15. The van der Waals surface area contributed by atoms with Crippen molar-refractivity contribution in [1.29, 1.82) is 5.26 Å². The Balaban J connectivity index is 1.29. The van der Waals surface area contributed by atoms with Gasteiger partial charge in [0.2, 0.25) is 0 Å². The third-order valence-corrected chi connectivity index (χ3v) is 10.5. The van der Waals surface area contributed by atoms with Crippen LogP contribution in [-0.2, 0) is 0 Å². The summed E-state index contributed by atoms with van der Waals surface area (Å²) in [6, 6.07) is 49.0. The zero-order valence-corrected chi connectivity index (χ0v) is 29.5. The Morgan fingerprint density at radius 3 is 1.78 bits per heavy atom. The monoisotopic (exact) mass is 694 g/mol. The highest BCUT2D eigenvalue weighted by Gasteiger charge is 2.39. The molecule has 0 saturated heterocycles. The van der Waals surface area contributed by atoms with Gasteiger partial charge in [-0.1, -0.05) is 103 Å². The van der Waals surface area contributed by atoms with Crippen molar-refractivity contribution in [2.24, 2.45) is 0 Å². The Morgan fingerprint density at radius 2 is 1.17 bits per heavy atom. The molecule has 254 valence electrons. The van der Waals surface area contributed by atoms with Crippen molar-refractivity contribution in [2.45, 2.75) is 13.8 Å². The normalized spacial score (nSPS) is 12.3. The minimum atomic E-state index is -0.381. The first-order chi connectivity index (χ1) is 26.4. The fraction of sp³-hybridized carbons (Fsp3) is 0.0417. The summed E-state index contributed by atoms with van der Waals surface area (Å²) < 4.78 is 2.10. The molecule has 6 heteroatoms. The van der Waals surface area contributed by atoms with Gasteiger partial charge in [0.15, 0.2) is 5.69 Å². The van der Waals surface area contributed by atoms with Crippen LogP contribution in [0.5, 0.6) is 0 Å². The lowest BCUT2D eigenvalue weighted by molar-refractivity contribution is 0.0926. The van der Waals surface area contributed by atoms with Crippen LogP contribution in [0.4, 0.5) is 11.4 Å². The number of benzene rings is 7. The van der Waals surface area contributed by atoms with Crippen molar-refractivity contribution in [1.82, 2.24) is 4.57 Å². The van der Waals surface area contributed by atoms with Crippen LogP contribution >= 0.6 is 0 Å². The van der Waals surface area contributed by atoms with Crippen molar-refractivity contribution in [3.63, 3.8) is 0 Å². The van der Waals surface area contributed by atoms with Gasteiger partial charge in [-0.2, -0.15) is 5.26 Å². The van der Waals surface area contributed by atoms with Gasteiger partial charge in [-0.05, 0) is 101 Å². The lowest BCUT2D eigenvalue weighted by Crippen LogP contribution is -2.29. The number of aryl methyl sites for hydroxylation is 2. The summed E-state index contributed by atoms with van der Waals surface area (Å²) in [7, 11) is 0. The standard InChI is InChI=1S/C48H30N4O2/c1-29-26-31(28-49)18-24-36(29)38-12-7-15-41-44(38)45-39(37-25-21-34(50-3)27-30(37)2)13-8-16-42(45)52(41)43-17-9-14-40-46(43)48(54)51(47(40)53)35-22-19-33(20-23-35)32-10-5-4-6-11-32/h4-27H,1-2H3. The predicted octanol–water partition coefficient (Wildman–Crippen LogP) is 11.6. The van der Waals surface area contributed by atoms with Crippen LogP contribution in [0, 0.1) is 31.8 Å². The Bertz CT molecular complexity index is 2840. The highest BCUT2D eigenvalue weighted by Crippen LogP contribution is 2.46. The summed E-state index contributed by atoms with van der Waals surface area (Å²) >= 11 is 0. The molecule has 2 heterocycles. The lowest BCUT2D eigenvalue weighted by atomic mass is 9.91. The SMILES string of the molecule is [C-]#[N+]c1ccc(-c2cccc3c2c2c(-c4ccc(C#N)cc4C)cccc2n3-c2cccc3c2C(=O)N(c2ccc(-c4ccccc4)cc2)C3=O)c(C)c1. The van der Waals surface area contributed by atoms with E-state index in [0.29, 0.717) is 33.8 Å². The number of carbonyl (C=O) groups is 2. The molecule has 0 N–H and O–H groups in total. The van der Waals surface area contributed by atoms with E-state index in [-0.39, 0.29) is 11.8 Å². The van der Waals surface area contributed by atoms with E-state index < -0.39 is 0 Å². The zero-order valence-electron chi connectivity index (χ0n) is 29.5. The summed E-state index contributed by atoms with van der Waals surface area (Å²) in [5.74, 6) is -0.746. The molecule has 8 aromatic rings. The van der Waals surface area contributed by atoms with Crippen molar-refractivity contribution in [3.05, 3.63) is 185 Å². The Labute approximate surface area is 312 Å². The smallest absolute Gasteiger partial charge is 0.268 e. The van der Waals surface area contributed by atoms with Gasteiger partial charge < -0.3 is 4.57 Å². The van der Waals surface area contributed by atoms with Crippen LogP contribution in [0.15, 0.2) is 146 Å². The average Bonchev–Trinajstić information content (AvgIpc) is 3.69. The molecule has 0 bridgehead atoms. The maximum atomic E-state index is 14.6. The van der Waals surface area contributed by atoms with Crippen LogP contribution in [-0.4, -0.2) is 16.4 Å². The first kappa shape index (κ1) is 32.4. The van der Waals surface area contributed by atoms with Crippen molar-refractivity contribution in [3.8, 4) is 45.1 Å². The maximum absolute atomic E-state index is 14.6. The Hall–Kier alpha value is -7.54. The summed E-state index contributed by atoms with van der Waals surface area (Å²) in [5, 5.41) is 11.6. The number of rotatable bonds is 5. The molecule has 0 unspecified atom stereocenters.